The molecule has 1 saturated carbocycles. The molecule has 0 aliphatic heterocycles. The minimum atomic E-state index is -1.11. The lowest BCUT2D eigenvalue weighted by atomic mass is 9.96. The van der Waals surface area contributed by atoms with Crippen LogP contribution in [0.4, 0.5) is 10.3 Å². The van der Waals surface area contributed by atoms with Gasteiger partial charge in [-0.3, -0.25) is 4.79 Å². The number of hydrogen-bond donors (Lipinski definition) is 4. The molecule has 0 spiro atoms. The molecular weight excluding hydrogens is 483 g/mol. The van der Waals surface area contributed by atoms with E-state index in [1.165, 1.54) is 32.1 Å². The van der Waals surface area contributed by atoms with E-state index >= 15 is 0 Å². The second kappa shape index (κ2) is 14.4. The molecule has 2 aromatic rings. The standard InChI is InChI=1S/C30H45FN4O3/c1-4-5-11-22(2)24(19-31)16-17-32-29-33-26-18-23(28(38)34-30(3,20-36)21-37)14-15-27(26)35(29)25-12-9-7-6-8-10-13-25/h5,11,14-15,18,25,36-37H,4,6-10,12-13,16-17,19-21H2,1-3H3,(H,32,33)(H,34,38)/b11-5-,24-22+. The van der Waals surface area contributed by atoms with Crippen molar-refractivity contribution < 1.29 is 19.4 Å². The molecule has 1 amide bonds. The van der Waals surface area contributed by atoms with Gasteiger partial charge in [0.25, 0.3) is 5.91 Å². The molecule has 1 aromatic carbocycles. The van der Waals surface area contributed by atoms with Gasteiger partial charge in [0.05, 0.1) is 29.8 Å². The van der Waals surface area contributed by atoms with Crippen LogP contribution in [0.2, 0.25) is 0 Å². The molecule has 1 heterocycles. The third-order valence-electron chi connectivity index (χ3n) is 7.54. The quantitative estimate of drug-likeness (QED) is 0.259. The summed E-state index contributed by atoms with van der Waals surface area (Å²) in [5.41, 5.74) is 2.73. The van der Waals surface area contributed by atoms with Crippen molar-refractivity contribution in [3.63, 3.8) is 0 Å². The molecule has 1 aliphatic rings. The van der Waals surface area contributed by atoms with Crippen LogP contribution in [-0.2, 0) is 0 Å². The fraction of sp³-hybridized carbons (Fsp3) is 0.600. The summed E-state index contributed by atoms with van der Waals surface area (Å²) < 4.78 is 16.0. The predicted octanol–water partition coefficient (Wildman–Crippen LogP) is 5.85. The molecule has 0 bridgehead atoms. The maximum atomic E-state index is 13.8. The Balaban J connectivity index is 1.91. The van der Waals surface area contributed by atoms with Gasteiger partial charge in [-0.2, -0.15) is 0 Å². The highest BCUT2D eigenvalue weighted by Gasteiger charge is 2.26. The maximum Gasteiger partial charge on any atom is 0.251 e. The largest absolute Gasteiger partial charge is 0.394 e. The molecule has 3 rings (SSSR count). The van der Waals surface area contributed by atoms with Gasteiger partial charge in [-0.25, -0.2) is 9.37 Å². The average Bonchev–Trinajstić information content (AvgIpc) is 3.26. The number of carbonyl (C=O) groups excluding carboxylic acids is 1. The first-order valence-electron chi connectivity index (χ1n) is 14.1. The van der Waals surface area contributed by atoms with E-state index < -0.39 is 12.2 Å². The van der Waals surface area contributed by atoms with E-state index in [0.717, 1.165) is 41.9 Å². The van der Waals surface area contributed by atoms with Crippen LogP contribution in [0.5, 0.6) is 0 Å². The van der Waals surface area contributed by atoms with Crippen molar-refractivity contribution in [2.45, 2.75) is 90.1 Å². The van der Waals surface area contributed by atoms with Crippen LogP contribution < -0.4 is 10.6 Å². The van der Waals surface area contributed by atoms with Gasteiger partial charge in [-0.05, 0) is 68.9 Å². The summed E-state index contributed by atoms with van der Waals surface area (Å²) in [6.07, 6.45) is 13.8. The van der Waals surface area contributed by atoms with Gasteiger partial charge in [-0.1, -0.05) is 51.2 Å². The summed E-state index contributed by atoms with van der Waals surface area (Å²) in [5.74, 6) is 0.375. The van der Waals surface area contributed by atoms with Gasteiger partial charge in [0.1, 0.15) is 6.67 Å². The number of rotatable bonds is 12. The Morgan fingerprint density at radius 2 is 1.87 bits per heavy atom. The third kappa shape index (κ3) is 7.67. The molecule has 0 radical (unpaired) electrons. The molecular formula is C30H45FN4O3. The zero-order valence-corrected chi connectivity index (χ0v) is 23.2. The number of benzene rings is 1. The van der Waals surface area contributed by atoms with E-state index in [0.29, 0.717) is 30.1 Å². The minimum Gasteiger partial charge on any atom is -0.394 e. The number of nitrogens with one attached hydrogen (secondary N) is 2. The third-order valence-corrected chi connectivity index (χ3v) is 7.54. The second-order valence-corrected chi connectivity index (χ2v) is 10.7. The summed E-state index contributed by atoms with van der Waals surface area (Å²) in [6, 6.07) is 5.77. The van der Waals surface area contributed by atoms with Crippen molar-refractivity contribution in [2.24, 2.45) is 0 Å². The Bertz CT molecular complexity index is 1110. The lowest BCUT2D eigenvalue weighted by molar-refractivity contribution is 0.0724. The van der Waals surface area contributed by atoms with Gasteiger partial charge in [0.2, 0.25) is 5.95 Å². The molecule has 1 fully saturated rings. The van der Waals surface area contributed by atoms with Gasteiger partial charge in [0, 0.05) is 18.2 Å². The number of alkyl halides is 1. The zero-order chi connectivity index (χ0) is 27.5. The molecule has 38 heavy (non-hydrogen) atoms. The summed E-state index contributed by atoms with van der Waals surface area (Å²) in [6.45, 7) is 4.96. The highest BCUT2D eigenvalue weighted by molar-refractivity contribution is 5.98. The highest BCUT2D eigenvalue weighted by Crippen LogP contribution is 2.33. The van der Waals surface area contributed by atoms with E-state index in [2.05, 4.69) is 22.1 Å². The topological polar surface area (TPSA) is 99.4 Å². The van der Waals surface area contributed by atoms with Crippen molar-refractivity contribution in [1.82, 2.24) is 14.9 Å². The van der Waals surface area contributed by atoms with Gasteiger partial charge in [0.15, 0.2) is 0 Å². The lowest BCUT2D eigenvalue weighted by Gasteiger charge is -2.26. The van der Waals surface area contributed by atoms with E-state index in [-0.39, 0.29) is 19.1 Å². The van der Waals surface area contributed by atoms with Gasteiger partial charge < -0.3 is 25.4 Å². The molecule has 1 aliphatic carbocycles. The molecule has 210 valence electrons. The first-order valence-corrected chi connectivity index (χ1v) is 14.1. The summed E-state index contributed by atoms with van der Waals surface area (Å²) in [4.78, 5) is 17.8. The van der Waals surface area contributed by atoms with E-state index in [1.54, 1.807) is 19.1 Å². The molecule has 7 nitrogen and oxygen atoms in total. The number of nitrogens with zero attached hydrogens (tertiary/aromatic N) is 2. The number of anilines is 1. The van der Waals surface area contributed by atoms with Crippen molar-refractivity contribution >= 4 is 22.9 Å². The number of aliphatic hydroxyl groups is 2. The molecule has 4 N–H and O–H groups in total. The van der Waals surface area contributed by atoms with Gasteiger partial charge >= 0.3 is 0 Å². The molecule has 8 heteroatoms. The number of carbonyl (C=O) groups is 1. The van der Waals surface area contributed by atoms with Crippen molar-refractivity contribution in [1.29, 1.82) is 0 Å². The van der Waals surface area contributed by atoms with Crippen molar-refractivity contribution in [3.05, 3.63) is 47.1 Å². The number of allylic oxidation sites excluding steroid dienone is 3. The molecule has 0 unspecified atom stereocenters. The number of amides is 1. The number of aliphatic hydroxyl groups excluding tert-OH is 2. The van der Waals surface area contributed by atoms with Gasteiger partial charge in [-0.15, -0.1) is 0 Å². The normalized spacial score (nSPS) is 16.4. The minimum absolute atomic E-state index is 0.306. The first kappa shape index (κ1) is 29.8. The fourth-order valence-electron chi connectivity index (χ4n) is 5.01. The van der Waals surface area contributed by atoms with E-state index in [4.69, 9.17) is 4.98 Å². The molecule has 0 saturated heterocycles. The highest BCUT2D eigenvalue weighted by atomic mass is 19.1. The number of halogens is 1. The van der Waals surface area contributed by atoms with Crippen LogP contribution in [0, 0.1) is 0 Å². The average molecular weight is 529 g/mol. The summed E-state index contributed by atoms with van der Waals surface area (Å²) >= 11 is 0. The monoisotopic (exact) mass is 528 g/mol. The lowest BCUT2D eigenvalue weighted by Crippen LogP contribution is -2.51. The van der Waals surface area contributed by atoms with Crippen LogP contribution >= 0.6 is 0 Å². The van der Waals surface area contributed by atoms with E-state index in [1.807, 2.05) is 25.1 Å². The predicted molar refractivity (Wildman–Crippen MR) is 152 cm³/mol. The van der Waals surface area contributed by atoms with Crippen LogP contribution in [0.1, 0.15) is 95.0 Å². The summed E-state index contributed by atoms with van der Waals surface area (Å²) in [7, 11) is 0. The van der Waals surface area contributed by atoms with Crippen molar-refractivity contribution in [3.8, 4) is 0 Å². The van der Waals surface area contributed by atoms with Crippen molar-refractivity contribution in [2.75, 3.05) is 31.7 Å². The Kier molecular flexibility index (Phi) is 11.3. The Morgan fingerprint density at radius 1 is 1.18 bits per heavy atom. The van der Waals surface area contributed by atoms with Crippen LogP contribution in [0.3, 0.4) is 0 Å². The molecule has 0 atom stereocenters. The number of hydrogen-bond acceptors (Lipinski definition) is 5. The Labute approximate surface area is 226 Å². The second-order valence-electron chi connectivity index (χ2n) is 10.7. The summed E-state index contributed by atoms with van der Waals surface area (Å²) in [5, 5.41) is 25.3. The van der Waals surface area contributed by atoms with Crippen LogP contribution in [0.15, 0.2) is 41.5 Å². The Hall–Kier alpha value is -2.71. The first-order chi connectivity index (χ1) is 18.4. The van der Waals surface area contributed by atoms with Crippen LogP contribution in [0.25, 0.3) is 11.0 Å². The number of aromatic nitrogens is 2. The van der Waals surface area contributed by atoms with Crippen LogP contribution in [-0.4, -0.2) is 57.6 Å². The SMILES string of the molecule is CC/C=C\C(C)=C(\CF)CCNc1nc2cc(C(=O)NC(C)(CO)CO)ccc2n1C1CCCCCCC1. The molecule has 1 aromatic heterocycles. The number of imidazole rings is 1. The smallest absolute Gasteiger partial charge is 0.251 e. The zero-order valence-electron chi connectivity index (χ0n) is 23.2. The van der Waals surface area contributed by atoms with E-state index in [9.17, 15) is 19.4 Å². The number of fused-ring (bicyclic) bond motifs is 1. The fourth-order valence-corrected chi connectivity index (χ4v) is 5.01. The maximum absolute atomic E-state index is 13.8. The Morgan fingerprint density at radius 3 is 2.50 bits per heavy atom.